The highest BCUT2D eigenvalue weighted by molar-refractivity contribution is 6.80. The fourth-order valence-corrected chi connectivity index (χ4v) is 13.2. The van der Waals surface area contributed by atoms with Gasteiger partial charge in [0.2, 0.25) is 8.32 Å². The highest BCUT2D eigenvalue weighted by atomic mass is 28.4. The standard InChI is InChI=1S/C19H47NO3Si4/c1-16(2,25(7,8)9)21-24-15-18(24,5)19(6,20)23-27(13,14)17(3,4)22-26(10,11)12/h24H,15,20H2,1-14H3. The molecule has 1 fully saturated rings. The Morgan fingerprint density at radius 3 is 1.63 bits per heavy atom. The molecule has 0 aromatic carbocycles. The fraction of sp³-hybridized carbons (Fsp3) is 1.00. The first kappa shape index (κ1) is 25.7. The van der Waals surface area contributed by atoms with Gasteiger partial charge in [0.05, 0.1) is 13.3 Å². The normalized spacial score (nSPS) is 27.4. The SMILES string of the molecule is CC(N)(O[Si](C)(C)C(C)(C)O[Si](C)(C)C)C1(C)C[SiH]1OC(C)(C)[Si](C)(C)C. The van der Waals surface area contributed by atoms with Crippen molar-refractivity contribution < 1.29 is 13.3 Å². The molecular formula is C19H47NO3Si4. The van der Waals surface area contributed by atoms with Crippen molar-refractivity contribution in [3.8, 4) is 0 Å². The van der Waals surface area contributed by atoms with Gasteiger partial charge in [0.15, 0.2) is 17.4 Å². The highest BCUT2D eigenvalue weighted by Gasteiger charge is 2.67. The summed E-state index contributed by atoms with van der Waals surface area (Å²) < 4.78 is 20.0. The predicted molar refractivity (Wildman–Crippen MR) is 129 cm³/mol. The summed E-state index contributed by atoms with van der Waals surface area (Å²) in [6.07, 6.45) is 0. The molecule has 8 heteroatoms. The molecule has 0 amide bonds. The van der Waals surface area contributed by atoms with Crippen LogP contribution in [0, 0.1) is 0 Å². The summed E-state index contributed by atoms with van der Waals surface area (Å²) in [7, 11) is -6.70. The van der Waals surface area contributed by atoms with Gasteiger partial charge in [0, 0.05) is 10.3 Å². The second-order valence-electron chi connectivity index (χ2n) is 12.4. The second-order valence-corrected chi connectivity index (χ2v) is 29.9. The van der Waals surface area contributed by atoms with Crippen molar-refractivity contribution in [3.63, 3.8) is 0 Å². The maximum absolute atomic E-state index is 6.86. The molecule has 3 atom stereocenters. The molecule has 0 aliphatic carbocycles. The first-order valence-electron chi connectivity index (χ1n) is 10.3. The molecule has 4 nitrogen and oxygen atoms in total. The minimum atomic E-state index is -2.21. The minimum absolute atomic E-state index is 0.0229. The summed E-state index contributed by atoms with van der Waals surface area (Å²) in [5.74, 6) is 0. The summed E-state index contributed by atoms with van der Waals surface area (Å²) in [6, 6.07) is 1.09. The van der Waals surface area contributed by atoms with E-state index < -0.39 is 39.5 Å². The van der Waals surface area contributed by atoms with Crippen LogP contribution in [0.15, 0.2) is 0 Å². The Balaban J connectivity index is 2.95. The van der Waals surface area contributed by atoms with E-state index in [0.717, 1.165) is 6.04 Å². The average molecular weight is 450 g/mol. The van der Waals surface area contributed by atoms with Crippen LogP contribution in [0.25, 0.3) is 0 Å². The highest BCUT2D eigenvalue weighted by Crippen LogP contribution is 2.62. The lowest BCUT2D eigenvalue weighted by molar-refractivity contribution is 0.0280. The Bertz CT molecular complexity index is 550. The number of hydrogen-bond acceptors (Lipinski definition) is 4. The number of rotatable bonds is 9. The van der Waals surface area contributed by atoms with Gasteiger partial charge < -0.3 is 19.0 Å². The van der Waals surface area contributed by atoms with Gasteiger partial charge in [-0.05, 0) is 73.4 Å². The van der Waals surface area contributed by atoms with E-state index in [9.17, 15) is 0 Å². The smallest absolute Gasteiger partial charge is 0.218 e. The van der Waals surface area contributed by atoms with Gasteiger partial charge >= 0.3 is 0 Å². The van der Waals surface area contributed by atoms with Crippen molar-refractivity contribution >= 4 is 33.7 Å². The summed E-state index contributed by atoms with van der Waals surface area (Å²) in [5, 5.41) is -0.326. The van der Waals surface area contributed by atoms with Crippen LogP contribution in [-0.4, -0.2) is 49.9 Å². The van der Waals surface area contributed by atoms with E-state index in [2.05, 4.69) is 93.9 Å². The van der Waals surface area contributed by atoms with Gasteiger partial charge in [-0.2, -0.15) is 0 Å². The number of hydrogen-bond donors (Lipinski definition) is 1. The molecular weight excluding hydrogens is 403 g/mol. The molecule has 2 N–H and O–H groups in total. The van der Waals surface area contributed by atoms with E-state index in [1.165, 1.54) is 0 Å². The van der Waals surface area contributed by atoms with Crippen LogP contribution in [0.5, 0.6) is 0 Å². The van der Waals surface area contributed by atoms with Crippen molar-refractivity contribution in [1.29, 1.82) is 0 Å². The summed E-state index contributed by atoms with van der Waals surface area (Å²) in [5.41, 5.74) is 6.18. The molecule has 0 radical (unpaired) electrons. The molecule has 1 saturated heterocycles. The molecule has 27 heavy (non-hydrogen) atoms. The molecule has 1 aliphatic heterocycles. The zero-order valence-corrected chi connectivity index (χ0v) is 24.7. The number of nitrogens with two attached hydrogens (primary N) is 1. The molecule has 0 saturated carbocycles. The third-order valence-corrected chi connectivity index (χ3v) is 20.0. The Morgan fingerprint density at radius 2 is 1.26 bits per heavy atom. The van der Waals surface area contributed by atoms with E-state index in [1.807, 2.05) is 0 Å². The largest absolute Gasteiger partial charge is 0.417 e. The topological polar surface area (TPSA) is 53.7 Å². The van der Waals surface area contributed by atoms with Crippen molar-refractivity contribution in [3.05, 3.63) is 0 Å². The summed E-state index contributed by atoms with van der Waals surface area (Å²) in [6.45, 7) is 31.6. The molecule has 3 unspecified atom stereocenters. The lowest BCUT2D eigenvalue weighted by Gasteiger charge is -2.48. The monoisotopic (exact) mass is 449 g/mol. The van der Waals surface area contributed by atoms with Crippen molar-refractivity contribution in [2.75, 3.05) is 0 Å². The first-order chi connectivity index (χ1) is 11.5. The molecule has 0 aromatic rings. The van der Waals surface area contributed by atoms with E-state index >= 15 is 0 Å². The van der Waals surface area contributed by atoms with E-state index in [1.54, 1.807) is 0 Å². The zero-order valence-electron chi connectivity index (χ0n) is 20.6. The molecule has 1 aliphatic rings. The molecule has 1 rings (SSSR count). The Hall–Kier alpha value is 0.708. The predicted octanol–water partition coefficient (Wildman–Crippen LogP) is 5.22. The lowest BCUT2D eigenvalue weighted by Crippen LogP contribution is -2.64. The van der Waals surface area contributed by atoms with Gasteiger partial charge in [0.1, 0.15) is 5.72 Å². The molecule has 162 valence electrons. The van der Waals surface area contributed by atoms with Crippen LogP contribution in [0.2, 0.25) is 63.5 Å². The van der Waals surface area contributed by atoms with E-state index in [0.29, 0.717) is 0 Å². The van der Waals surface area contributed by atoms with Crippen LogP contribution in [-0.2, 0) is 13.3 Å². The quantitative estimate of drug-likeness (QED) is 0.387. The van der Waals surface area contributed by atoms with Crippen LogP contribution in [0.4, 0.5) is 0 Å². The maximum atomic E-state index is 6.86. The Kier molecular flexibility index (Phi) is 6.81. The van der Waals surface area contributed by atoms with Crippen molar-refractivity contribution in [1.82, 2.24) is 0 Å². The third kappa shape index (κ3) is 5.65. The van der Waals surface area contributed by atoms with Crippen molar-refractivity contribution in [2.45, 2.75) is 121 Å². The Morgan fingerprint density at radius 1 is 0.815 bits per heavy atom. The van der Waals surface area contributed by atoms with Gasteiger partial charge in [0.25, 0.3) is 0 Å². The van der Waals surface area contributed by atoms with E-state index in [-0.39, 0.29) is 15.5 Å². The second kappa shape index (κ2) is 7.14. The van der Waals surface area contributed by atoms with E-state index in [4.69, 9.17) is 19.0 Å². The van der Waals surface area contributed by atoms with Gasteiger partial charge in [-0.1, -0.05) is 26.6 Å². The third-order valence-electron chi connectivity index (χ3n) is 7.02. The Labute approximate surface area is 173 Å². The van der Waals surface area contributed by atoms with Crippen LogP contribution >= 0.6 is 0 Å². The summed E-state index contributed by atoms with van der Waals surface area (Å²) >= 11 is 0. The van der Waals surface area contributed by atoms with Gasteiger partial charge in [-0.3, -0.25) is 0 Å². The van der Waals surface area contributed by atoms with Crippen LogP contribution in [0.3, 0.4) is 0 Å². The molecule has 0 aromatic heterocycles. The lowest BCUT2D eigenvalue weighted by atomic mass is 10.0. The summed E-state index contributed by atoms with van der Waals surface area (Å²) in [4.78, 5) is 0. The van der Waals surface area contributed by atoms with Crippen LogP contribution in [0.1, 0.15) is 41.5 Å². The minimum Gasteiger partial charge on any atom is -0.417 e. The molecule has 1 heterocycles. The van der Waals surface area contributed by atoms with Gasteiger partial charge in [-0.15, -0.1) is 0 Å². The average Bonchev–Trinajstić information content (AvgIpc) is 2.94. The maximum Gasteiger partial charge on any atom is 0.218 e. The van der Waals surface area contributed by atoms with Crippen LogP contribution < -0.4 is 5.73 Å². The van der Waals surface area contributed by atoms with Crippen molar-refractivity contribution in [2.24, 2.45) is 5.73 Å². The molecule has 0 bridgehead atoms. The zero-order chi connectivity index (χ0) is 21.9. The molecule has 0 spiro atoms. The first-order valence-corrected chi connectivity index (χ1v) is 22.0. The van der Waals surface area contributed by atoms with Gasteiger partial charge in [-0.25, -0.2) is 0 Å². The fourth-order valence-electron chi connectivity index (χ4n) is 3.21.